The van der Waals surface area contributed by atoms with Crippen LogP contribution in [0.1, 0.15) is 38.3 Å². The van der Waals surface area contributed by atoms with Crippen LogP contribution in [0.25, 0.3) is 0 Å². The fourth-order valence-corrected chi connectivity index (χ4v) is 3.62. The predicted molar refractivity (Wildman–Crippen MR) is 112 cm³/mol. The fraction of sp³-hybridized carbons (Fsp3) is 0.391. The van der Waals surface area contributed by atoms with Crippen molar-refractivity contribution in [1.82, 2.24) is 4.90 Å². The molecule has 0 spiro atoms. The van der Waals surface area contributed by atoms with Gasteiger partial charge in [0, 0.05) is 25.2 Å². The average Bonchev–Trinajstić information content (AvgIpc) is 3.19. The van der Waals surface area contributed by atoms with Crippen LogP contribution in [0.15, 0.2) is 48.5 Å². The third-order valence-electron chi connectivity index (χ3n) is 5.29. The molecule has 1 aliphatic heterocycles. The van der Waals surface area contributed by atoms with Crippen LogP contribution in [-0.4, -0.2) is 43.5 Å². The van der Waals surface area contributed by atoms with E-state index in [0.717, 1.165) is 30.0 Å². The topological polar surface area (TPSA) is 59.1 Å². The first-order valence-corrected chi connectivity index (χ1v) is 10.00. The molecule has 1 fully saturated rings. The van der Waals surface area contributed by atoms with Crippen LogP contribution in [0.5, 0.6) is 11.5 Å². The lowest BCUT2D eigenvalue weighted by Gasteiger charge is -2.28. The molecule has 29 heavy (non-hydrogen) atoms. The number of benzene rings is 2. The molecule has 0 bridgehead atoms. The van der Waals surface area contributed by atoms with Gasteiger partial charge in [0.05, 0.1) is 13.2 Å². The minimum atomic E-state index is -0.0882. The Hall–Kier alpha value is -3.02. The van der Waals surface area contributed by atoms with E-state index in [2.05, 4.69) is 0 Å². The molecule has 6 heteroatoms. The van der Waals surface area contributed by atoms with Crippen molar-refractivity contribution in [2.75, 3.05) is 31.7 Å². The molecule has 0 aromatic heterocycles. The van der Waals surface area contributed by atoms with Gasteiger partial charge < -0.3 is 19.3 Å². The largest absolute Gasteiger partial charge is 0.497 e. The van der Waals surface area contributed by atoms with E-state index in [9.17, 15) is 9.59 Å². The maximum Gasteiger partial charge on any atom is 0.260 e. The van der Waals surface area contributed by atoms with Crippen molar-refractivity contribution in [1.29, 1.82) is 0 Å². The van der Waals surface area contributed by atoms with Gasteiger partial charge in [-0.15, -0.1) is 0 Å². The summed E-state index contributed by atoms with van der Waals surface area (Å²) in [5.41, 5.74) is 1.88. The molecule has 1 unspecified atom stereocenters. The second-order valence-electron chi connectivity index (χ2n) is 7.06. The van der Waals surface area contributed by atoms with Gasteiger partial charge in [0.15, 0.2) is 6.61 Å². The molecular weight excluding hydrogens is 368 g/mol. The first-order valence-electron chi connectivity index (χ1n) is 10.00. The molecule has 6 nitrogen and oxygen atoms in total. The van der Waals surface area contributed by atoms with E-state index in [-0.39, 0.29) is 24.5 Å². The number of carbonyl (C=O) groups excluding carboxylic acids is 2. The van der Waals surface area contributed by atoms with Gasteiger partial charge in [0.2, 0.25) is 5.91 Å². The smallest absolute Gasteiger partial charge is 0.260 e. The highest BCUT2D eigenvalue weighted by atomic mass is 16.5. The van der Waals surface area contributed by atoms with Gasteiger partial charge in [-0.05, 0) is 62.2 Å². The third kappa shape index (κ3) is 4.88. The Balaban J connectivity index is 1.60. The number of carbonyl (C=O) groups is 2. The van der Waals surface area contributed by atoms with Crippen molar-refractivity contribution < 1.29 is 19.1 Å². The van der Waals surface area contributed by atoms with Crippen LogP contribution in [0, 0.1) is 0 Å². The van der Waals surface area contributed by atoms with Crippen molar-refractivity contribution in [3.8, 4) is 11.5 Å². The summed E-state index contributed by atoms with van der Waals surface area (Å²) >= 11 is 0. The summed E-state index contributed by atoms with van der Waals surface area (Å²) in [6.45, 7) is 5.25. The minimum Gasteiger partial charge on any atom is -0.497 e. The molecule has 3 rings (SSSR count). The first kappa shape index (κ1) is 20.7. The molecule has 2 amide bonds. The van der Waals surface area contributed by atoms with E-state index in [1.807, 2.05) is 50.2 Å². The van der Waals surface area contributed by atoms with E-state index in [1.165, 1.54) is 0 Å². The average molecular weight is 396 g/mol. The zero-order valence-electron chi connectivity index (χ0n) is 17.3. The second kappa shape index (κ2) is 9.45. The summed E-state index contributed by atoms with van der Waals surface area (Å²) < 4.78 is 11.0. The zero-order chi connectivity index (χ0) is 20.8. The number of likely N-dealkylation sites (N-methyl/N-ethyl adjacent to an activating group) is 1. The van der Waals surface area contributed by atoms with Gasteiger partial charge in [-0.3, -0.25) is 9.59 Å². The number of amides is 2. The quantitative estimate of drug-likeness (QED) is 0.681. The number of anilines is 1. The molecule has 1 saturated heterocycles. The molecule has 1 aliphatic rings. The summed E-state index contributed by atoms with van der Waals surface area (Å²) in [4.78, 5) is 28.2. The van der Waals surface area contributed by atoms with Crippen LogP contribution in [0.2, 0.25) is 0 Å². The molecule has 2 aromatic rings. The van der Waals surface area contributed by atoms with Gasteiger partial charge in [-0.2, -0.15) is 0 Å². The monoisotopic (exact) mass is 396 g/mol. The van der Waals surface area contributed by atoms with Gasteiger partial charge in [0.1, 0.15) is 11.5 Å². The Morgan fingerprint density at radius 3 is 2.55 bits per heavy atom. The van der Waals surface area contributed by atoms with Crippen LogP contribution < -0.4 is 14.4 Å². The molecule has 0 saturated carbocycles. The second-order valence-corrected chi connectivity index (χ2v) is 7.06. The van der Waals surface area contributed by atoms with Crippen molar-refractivity contribution in [2.45, 2.75) is 32.7 Å². The van der Waals surface area contributed by atoms with Crippen LogP contribution in [-0.2, 0) is 9.59 Å². The van der Waals surface area contributed by atoms with Gasteiger partial charge >= 0.3 is 0 Å². The molecule has 154 valence electrons. The minimum absolute atomic E-state index is 0.0376. The molecule has 0 aliphatic carbocycles. The Morgan fingerprint density at radius 2 is 1.93 bits per heavy atom. The predicted octanol–water partition coefficient (Wildman–Crippen LogP) is 3.81. The summed E-state index contributed by atoms with van der Waals surface area (Å²) in [6, 6.07) is 15.0. The van der Waals surface area contributed by atoms with Crippen molar-refractivity contribution >= 4 is 17.5 Å². The number of rotatable bonds is 8. The van der Waals surface area contributed by atoms with Crippen LogP contribution >= 0.6 is 0 Å². The maximum absolute atomic E-state index is 12.8. The molecule has 1 atom stereocenters. The first-order chi connectivity index (χ1) is 14.0. The lowest BCUT2D eigenvalue weighted by atomic mass is 10.1. The Kier molecular flexibility index (Phi) is 6.75. The Labute approximate surface area is 172 Å². The van der Waals surface area contributed by atoms with E-state index in [1.54, 1.807) is 29.0 Å². The van der Waals surface area contributed by atoms with E-state index < -0.39 is 0 Å². The molecule has 2 aromatic carbocycles. The maximum atomic E-state index is 12.8. The number of ether oxygens (including phenoxy) is 2. The van der Waals surface area contributed by atoms with Gasteiger partial charge in [0.25, 0.3) is 5.91 Å². The number of nitrogens with zero attached hydrogens (tertiary/aromatic N) is 2. The van der Waals surface area contributed by atoms with E-state index >= 15 is 0 Å². The molecule has 1 heterocycles. The highest BCUT2D eigenvalue weighted by molar-refractivity contribution is 5.95. The van der Waals surface area contributed by atoms with Crippen LogP contribution in [0.3, 0.4) is 0 Å². The highest BCUT2D eigenvalue weighted by Crippen LogP contribution is 2.25. The van der Waals surface area contributed by atoms with Gasteiger partial charge in [-0.25, -0.2) is 0 Å². The van der Waals surface area contributed by atoms with Crippen molar-refractivity contribution in [3.63, 3.8) is 0 Å². The summed E-state index contributed by atoms with van der Waals surface area (Å²) in [5, 5.41) is 0. The Bertz CT molecular complexity index is 850. The summed E-state index contributed by atoms with van der Waals surface area (Å²) in [7, 11) is 1.63. The number of methoxy groups -OCH3 is 1. The van der Waals surface area contributed by atoms with Crippen molar-refractivity contribution in [2.24, 2.45) is 0 Å². The zero-order valence-corrected chi connectivity index (χ0v) is 17.3. The van der Waals surface area contributed by atoms with E-state index in [4.69, 9.17) is 9.47 Å². The van der Waals surface area contributed by atoms with Crippen molar-refractivity contribution in [3.05, 3.63) is 54.1 Å². The number of hydrogen-bond donors (Lipinski definition) is 0. The molecule has 0 N–H and O–H groups in total. The lowest BCUT2D eigenvalue weighted by Crippen LogP contribution is -2.36. The standard InChI is InChI=1S/C23H28N2O4/c1-4-24(17(2)18-7-5-8-21(15-18)28-3)23(27)16-29-20-12-10-19(11-13-20)25-14-6-9-22(25)26/h5,7-8,10-13,15,17H,4,6,9,14,16H2,1-3H3. The Morgan fingerprint density at radius 1 is 1.17 bits per heavy atom. The van der Waals surface area contributed by atoms with E-state index in [0.29, 0.717) is 18.7 Å². The SMILES string of the molecule is CCN(C(=O)COc1ccc(N2CCCC2=O)cc1)C(C)c1cccc(OC)c1. The summed E-state index contributed by atoms with van der Waals surface area (Å²) in [5.74, 6) is 1.45. The van der Waals surface area contributed by atoms with Gasteiger partial charge in [-0.1, -0.05) is 12.1 Å². The third-order valence-corrected chi connectivity index (χ3v) is 5.29. The molecule has 0 radical (unpaired) electrons. The fourth-order valence-electron chi connectivity index (χ4n) is 3.62. The normalized spacial score (nSPS) is 14.6. The summed E-state index contributed by atoms with van der Waals surface area (Å²) in [6.07, 6.45) is 1.50. The number of hydrogen-bond acceptors (Lipinski definition) is 4. The highest BCUT2D eigenvalue weighted by Gasteiger charge is 2.22. The lowest BCUT2D eigenvalue weighted by molar-refractivity contribution is -0.135. The molecular formula is C23H28N2O4. The van der Waals surface area contributed by atoms with Crippen LogP contribution in [0.4, 0.5) is 5.69 Å².